The lowest BCUT2D eigenvalue weighted by atomic mass is 9.89. The minimum Gasteiger partial charge on any atom is -0.550 e. The first kappa shape index (κ1) is 19.8. The molecule has 0 saturated heterocycles. The highest BCUT2D eigenvalue weighted by atomic mass is 16.7. The highest BCUT2D eigenvalue weighted by molar-refractivity contribution is 6.06. The number of aliphatic carboxylic acids is 1. The molecule has 1 atom stereocenters. The van der Waals surface area contributed by atoms with Crippen molar-refractivity contribution in [1.29, 1.82) is 0 Å². The summed E-state index contributed by atoms with van der Waals surface area (Å²) in [5, 5.41) is 28.9. The van der Waals surface area contributed by atoms with E-state index in [4.69, 9.17) is 4.84 Å². The van der Waals surface area contributed by atoms with Crippen LogP contribution in [-0.4, -0.2) is 34.2 Å². The van der Waals surface area contributed by atoms with E-state index in [0.717, 1.165) is 38.5 Å². The normalized spacial score (nSPS) is 22.6. The number of amides is 1. The fourth-order valence-corrected chi connectivity index (χ4v) is 3.68. The molecule has 1 aromatic carbocycles. The van der Waals surface area contributed by atoms with Crippen LogP contribution in [0.4, 0.5) is 5.69 Å². The smallest absolute Gasteiger partial charge is 0.269 e. The molecule has 3 rings (SSSR count). The monoisotopic (exact) mass is 388 g/mol. The summed E-state index contributed by atoms with van der Waals surface area (Å²) in [5.41, 5.74) is -0.835. The molecule has 1 fully saturated rings. The molecule has 2 aliphatic rings. The molecule has 1 aliphatic carbocycles. The molecule has 1 aromatic rings. The van der Waals surface area contributed by atoms with Crippen molar-refractivity contribution in [3.8, 4) is 0 Å². The van der Waals surface area contributed by atoms with Crippen molar-refractivity contribution in [2.24, 2.45) is 5.16 Å². The average Bonchev–Trinajstić information content (AvgIpc) is 2.91. The third kappa shape index (κ3) is 4.47. The topological polar surface area (TPSA) is 134 Å². The Labute approximate surface area is 161 Å². The number of nitro benzene ring substituents is 1. The van der Waals surface area contributed by atoms with Gasteiger partial charge in [-0.15, -0.1) is 0 Å². The Hall–Kier alpha value is -2.97. The molecule has 1 amide bonds. The largest absolute Gasteiger partial charge is 0.550 e. The van der Waals surface area contributed by atoms with E-state index >= 15 is 0 Å². The van der Waals surface area contributed by atoms with Gasteiger partial charge in [-0.2, -0.15) is 0 Å². The standard InChI is InChI=1S/C19H23N3O6/c23-17(24)12-19(18(25)20-14-5-3-1-2-4-6-14)11-16(21-28-19)13-7-9-15(10-8-13)22(26)27/h7-10,14H,1-6,11-12H2,(H,20,25)(H,23,24)/p-1/t19-/m0/s1. The molecule has 28 heavy (non-hydrogen) atoms. The van der Waals surface area contributed by atoms with Crippen LogP contribution >= 0.6 is 0 Å². The maximum Gasteiger partial charge on any atom is 0.269 e. The van der Waals surface area contributed by atoms with Crippen molar-refractivity contribution < 1.29 is 24.5 Å². The minimum atomic E-state index is -1.66. The molecule has 0 radical (unpaired) electrons. The zero-order chi connectivity index (χ0) is 20.1. The number of non-ortho nitro benzene ring substituents is 1. The number of carbonyl (C=O) groups is 2. The fourth-order valence-electron chi connectivity index (χ4n) is 3.68. The molecular formula is C19H22N3O6-. The van der Waals surface area contributed by atoms with Crippen LogP contribution in [0.25, 0.3) is 0 Å². The van der Waals surface area contributed by atoms with Gasteiger partial charge in [-0.3, -0.25) is 14.9 Å². The van der Waals surface area contributed by atoms with E-state index in [1.54, 1.807) is 0 Å². The van der Waals surface area contributed by atoms with Crippen LogP contribution in [0.5, 0.6) is 0 Å². The molecule has 1 saturated carbocycles. The van der Waals surface area contributed by atoms with Gasteiger partial charge in [-0.25, -0.2) is 0 Å². The molecule has 0 unspecified atom stereocenters. The van der Waals surface area contributed by atoms with Crippen LogP contribution in [0.1, 0.15) is 56.9 Å². The van der Waals surface area contributed by atoms with E-state index in [0.29, 0.717) is 11.3 Å². The van der Waals surface area contributed by atoms with E-state index in [2.05, 4.69) is 10.5 Å². The summed E-state index contributed by atoms with van der Waals surface area (Å²) >= 11 is 0. The van der Waals surface area contributed by atoms with Crippen LogP contribution in [0, 0.1) is 10.1 Å². The van der Waals surface area contributed by atoms with E-state index in [1.807, 2.05) is 0 Å². The molecule has 1 N–H and O–H groups in total. The molecule has 9 nitrogen and oxygen atoms in total. The van der Waals surface area contributed by atoms with Crippen LogP contribution in [0.2, 0.25) is 0 Å². The number of nitrogens with one attached hydrogen (secondary N) is 1. The maximum absolute atomic E-state index is 12.9. The number of carboxylic acid groups (broad SMARTS) is 1. The van der Waals surface area contributed by atoms with Crippen LogP contribution in [0.15, 0.2) is 29.4 Å². The molecule has 150 valence electrons. The summed E-state index contributed by atoms with van der Waals surface area (Å²) in [6.45, 7) is 0. The number of carboxylic acids is 1. The summed E-state index contributed by atoms with van der Waals surface area (Å²) in [6, 6.07) is 5.63. The highest BCUT2D eigenvalue weighted by Crippen LogP contribution is 2.31. The van der Waals surface area contributed by atoms with Gasteiger partial charge in [0.25, 0.3) is 11.6 Å². The van der Waals surface area contributed by atoms with Crippen LogP contribution < -0.4 is 10.4 Å². The van der Waals surface area contributed by atoms with E-state index in [1.165, 1.54) is 24.3 Å². The number of nitrogens with zero attached hydrogens (tertiary/aromatic N) is 2. The Morgan fingerprint density at radius 3 is 2.39 bits per heavy atom. The first-order valence-corrected chi connectivity index (χ1v) is 9.40. The van der Waals surface area contributed by atoms with Crippen molar-refractivity contribution in [1.82, 2.24) is 5.32 Å². The number of oxime groups is 1. The number of nitro groups is 1. The summed E-state index contributed by atoms with van der Waals surface area (Å²) in [5.74, 6) is -1.92. The summed E-state index contributed by atoms with van der Waals surface area (Å²) in [6.07, 6.45) is 5.32. The van der Waals surface area contributed by atoms with Crippen molar-refractivity contribution in [3.05, 3.63) is 39.9 Å². The molecule has 0 bridgehead atoms. The second kappa shape index (κ2) is 8.37. The van der Waals surface area contributed by atoms with Gasteiger partial charge in [0.2, 0.25) is 5.60 Å². The predicted octanol–water partition coefficient (Wildman–Crippen LogP) is 1.44. The van der Waals surface area contributed by atoms with Crippen molar-refractivity contribution >= 4 is 23.3 Å². The summed E-state index contributed by atoms with van der Waals surface area (Å²) in [4.78, 5) is 39.8. The Morgan fingerprint density at radius 2 is 1.82 bits per heavy atom. The molecular weight excluding hydrogens is 366 g/mol. The van der Waals surface area contributed by atoms with Gasteiger partial charge >= 0.3 is 0 Å². The van der Waals surface area contributed by atoms with E-state index in [-0.39, 0.29) is 18.2 Å². The lowest BCUT2D eigenvalue weighted by Gasteiger charge is -2.28. The van der Waals surface area contributed by atoms with Gasteiger partial charge < -0.3 is 20.1 Å². The summed E-state index contributed by atoms with van der Waals surface area (Å²) < 4.78 is 0. The van der Waals surface area contributed by atoms with Gasteiger partial charge in [0.15, 0.2) is 0 Å². The SMILES string of the molecule is O=C([O-])C[C@]1(C(=O)NC2CCCCCC2)CC(c2ccc([N+](=O)[O-])cc2)=NO1. The molecule has 0 spiro atoms. The maximum atomic E-state index is 12.9. The lowest BCUT2D eigenvalue weighted by Crippen LogP contribution is -2.53. The number of hydrogen-bond acceptors (Lipinski definition) is 7. The number of hydrogen-bond donors (Lipinski definition) is 1. The van der Waals surface area contributed by atoms with Crippen molar-refractivity contribution in [3.63, 3.8) is 0 Å². The second-order valence-electron chi connectivity index (χ2n) is 7.32. The highest BCUT2D eigenvalue weighted by Gasteiger charge is 2.47. The zero-order valence-corrected chi connectivity index (χ0v) is 15.4. The van der Waals surface area contributed by atoms with Gasteiger partial charge in [-0.05, 0) is 30.5 Å². The fraction of sp³-hybridized carbons (Fsp3) is 0.526. The van der Waals surface area contributed by atoms with Crippen molar-refractivity contribution in [2.75, 3.05) is 0 Å². The number of carbonyl (C=O) groups excluding carboxylic acids is 2. The molecule has 1 aliphatic heterocycles. The minimum absolute atomic E-state index is 0.0133. The Morgan fingerprint density at radius 1 is 1.18 bits per heavy atom. The van der Waals surface area contributed by atoms with E-state index in [9.17, 15) is 24.8 Å². The van der Waals surface area contributed by atoms with Gasteiger partial charge in [0.05, 0.1) is 10.6 Å². The first-order valence-electron chi connectivity index (χ1n) is 9.40. The van der Waals surface area contributed by atoms with Gasteiger partial charge in [-0.1, -0.05) is 30.8 Å². The molecule has 9 heteroatoms. The predicted molar refractivity (Wildman–Crippen MR) is 97.3 cm³/mol. The Kier molecular flexibility index (Phi) is 5.91. The van der Waals surface area contributed by atoms with Crippen LogP contribution in [0.3, 0.4) is 0 Å². The average molecular weight is 388 g/mol. The van der Waals surface area contributed by atoms with E-state index < -0.39 is 28.8 Å². The third-order valence-electron chi connectivity index (χ3n) is 5.23. The van der Waals surface area contributed by atoms with Gasteiger partial charge in [0, 0.05) is 37.0 Å². The van der Waals surface area contributed by atoms with Crippen LogP contribution in [-0.2, 0) is 14.4 Å². The zero-order valence-electron chi connectivity index (χ0n) is 15.4. The lowest BCUT2D eigenvalue weighted by molar-refractivity contribution is -0.384. The number of benzene rings is 1. The van der Waals surface area contributed by atoms with Gasteiger partial charge in [0.1, 0.15) is 0 Å². The summed E-state index contributed by atoms with van der Waals surface area (Å²) in [7, 11) is 0. The number of rotatable bonds is 6. The quantitative estimate of drug-likeness (QED) is 0.445. The second-order valence-corrected chi connectivity index (χ2v) is 7.32. The first-order chi connectivity index (χ1) is 13.4. The third-order valence-corrected chi connectivity index (χ3v) is 5.23. The van der Waals surface area contributed by atoms with Crippen molar-refractivity contribution in [2.45, 2.75) is 63.0 Å². The molecule has 1 heterocycles. The Balaban J connectivity index is 1.74. The molecule has 0 aromatic heterocycles. The Bertz CT molecular complexity index is 783.